The van der Waals surface area contributed by atoms with Gasteiger partial charge < -0.3 is 4.98 Å². The second kappa shape index (κ2) is 6.04. The van der Waals surface area contributed by atoms with Crippen LogP contribution in [-0.2, 0) is 16.6 Å². The summed E-state index contributed by atoms with van der Waals surface area (Å²) in [4.78, 5) is 13.7. The number of nitrogens with two attached hydrogens (primary N) is 1. The Labute approximate surface area is 120 Å². The molecule has 21 heavy (non-hydrogen) atoms. The summed E-state index contributed by atoms with van der Waals surface area (Å²) in [5, 5.41) is 0. The fourth-order valence-corrected chi connectivity index (χ4v) is 2.61. The maximum atomic E-state index is 12.7. The van der Waals surface area contributed by atoms with Gasteiger partial charge in [0.25, 0.3) is 5.91 Å². The number of carbonyl (C=O) groups is 1. The third-order valence-electron chi connectivity index (χ3n) is 2.72. The number of amides is 1. The van der Waals surface area contributed by atoms with Crippen molar-refractivity contribution in [3.05, 3.63) is 53.6 Å². The molecular formula is C12H13FN4O3S. The molecule has 7 nitrogen and oxygen atoms in total. The Morgan fingerprint density at radius 1 is 1.29 bits per heavy atom. The lowest BCUT2D eigenvalue weighted by Crippen LogP contribution is -2.30. The lowest BCUT2D eigenvalue weighted by molar-refractivity contribution is 0.0949. The summed E-state index contributed by atoms with van der Waals surface area (Å²) in [6.07, 6.45) is 1.18. The number of aromatic amines is 1. The fourth-order valence-electron chi connectivity index (χ4n) is 1.60. The van der Waals surface area contributed by atoms with Crippen molar-refractivity contribution in [1.82, 2.24) is 15.1 Å². The van der Waals surface area contributed by atoms with E-state index in [2.05, 4.69) is 9.71 Å². The summed E-state index contributed by atoms with van der Waals surface area (Å²) in [5.74, 6) is 3.93. The molecule has 0 aliphatic carbocycles. The molecule has 2 aromatic rings. The van der Waals surface area contributed by atoms with Crippen molar-refractivity contribution >= 4 is 15.9 Å². The summed E-state index contributed by atoms with van der Waals surface area (Å²) in [7, 11) is -3.79. The second-order valence-corrected chi connectivity index (χ2v) is 5.94. The first-order valence-electron chi connectivity index (χ1n) is 5.86. The van der Waals surface area contributed by atoms with E-state index in [1.807, 2.05) is 5.43 Å². The average Bonchev–Trinajstić information content (AvgIpc) is 2.96. The molecule has 0 saturated carbocycles. The molecule has 1 heterocycles. The number of hydrazine groups is 1. The number of benzene rings is 1. The van der Waals surface area contributed by atoms with E-state index in [0.717, 1.165) is 6.07 Å². The van der Waals surface area contributed by atoms with Gasteiger partial charge in [0.1, 0.15) is 16.4 Å². The van der Waals surface area contributed by atoms with Crippen LogP contribution in [0.3, 0.4) is 0 Å². The standard InChI is InChI=1S/C12H13FN4O3S/c13-9-3-1-8(2-4-9)6-16-21(19,20)10-5-11(15-7-10)12(18)17-14/h1-5,7,15-16H,6,14H2,(H,17,18). The minimum atomic E-state index is -3.79. The topological polar surface area (TPSA) is 117 Å². The predicted octanol–water partition coefficient (Wildman–Crippen LogP) is 0.236. The van der Waals surface area contributed by atoms with Crippen molar-refractivity contribution in [3.63, 3.8) is 0 Å². The van der Waals surface area contributed by atoms with Gasteiger partial charge in [0.2, 0.25) is 10.0 Å². The van der Waals surface area contributed by atoms with Gasteiger partial charge in [-0.15, -0.1) is 0 Å². The molecule has 0 saturated heterocycles. The zero-order chi connectivity index (χ0) is 15.5. The Balaban J connectivity index is 2.09. The van der Waals surface area contributed by atoms with Crippen LogP contribution >= 0.6 is 0 Å². The first kappa shape index (κ1) is 15.2. The van der Waals surface area contributed by atoms with Crippen LogP contribution in [0, 0.1) is 5.82 Å². The average molecular weight is 312 g/mol. The summed E-state index contributed by atoms with van der Waals surface area (Å²) in [6, 6.07) is 6.59. The normalized spacial score (nSPS) is 11.3. The SMILES string of the molecule is NNC(=O)c1cc(S(=O)(=O)NCc2ccc(F)cc2)c[nH]1. The molecule has 0 aliphatic heterocycles. The van der Waals surface area contributed by atoms with Crippen LogP contribution in [0.25, 0.3) is 0 Å². The first-order chi connectivity index (χ1) is 9.92. The highest BCUT2D eigenvalue weighted by molar-refractivity contribution is 7.89. The number of halogens is 1. The molecule has 0 spiro atoms. The number of nitrogens with one attached hydrogen (secondary N) is 3. The highest BCUT2D eigenvalue weighted by Crippen LogP contribution is 2.11. The molecule has 0 atom stereocenters. The second-order valence-electron chi connectivity index (χ2n) is 4.17. The third-order valence-corrected chi connectivity index (χ3v) is 4.10. The number of carbonyl (C=O) groups excluding carboxylic acids is 1. The van der Waals surface area contributed by atoms with Gasteiger partial charge in [-0.2, -0.15) is 0 Å². The largest absolute Gasteiger partial charge is 0.356 e. The lowest BCUT2D eigenvalue weighted by atomic mass is 10.2. The maximum Gasteiger partial charge on any atom is 0.281 e. The van der Waals surface area contributed by atoms with Crippen LogP contribution in [0.2, 0.25) is 0 Å². The monoisotopic (exact) mass is 312 g/mol. The lowest BCUT2D eigenvalue weighted by Gasteiger charge is -2.05. The van der Waals surface area contributed by atoms with Gasteiger partial charge in [0.15, 0.2) is 0 Å². The van der Waals surface area contributed by atoms with Crippen molar-refractivity contribution in [2.45, 2.75) is 11.4 Å². The van der Waals surface area contributed by atoms with E-state index in [4.69, 9.17) is 5.84 Å². The highest BCUT2D eigenvalue weighted by atomic mass is 32.2. The van der Waals surface area contributed by atoms with Crippen molar-refractivity contribution in [2.24, 2.45) is 5.84 Å². The molecule has 9 heteroatoms. The third kappa shape index (κ3) is 3.66. The van der Waals surface area contributed by atoms with Crippen molar-refractivity contribution in [3.8, 4) is 0 Å². The first-order valence-corrected chi connectivity index (χ1v) is 7.34. The zero-order valence-corrected chi connectivity index (χ0v) is 11.6. The van der Waals surface area contributed by atoms with Crippen LogP contribution in [0.15, 0.2) is 41.4 Å². The minimum Gasteiger partial charge on any atom is -0.356 e. The Hall–Kier alpha value is -2.23. The molecule has 0 aliphatic rings. The van der Waals surface area contributed by atoms with Gasteiger partial charge in [0, 0.05) is 12.7 Å². The van der Waals surface area contributed by atoms with E-state index < -0.39 is 21.7 Å². The number of aromatic nitrogens is 1. The molecule has 0 fully saturated rings. The zero-order valence-electron chi connectivity index (χ0n) is 10.8. The van der Waals surface area contributed by atoms with Gasteiger partial charge in [-0.05, 0) is 23.8 Å². The van der Waals surface area contributed by atoms with Crippen LogP contribution in [0.5, 0.6) is 0 Å². The number of hydrogen-bond acceptors (Lipinski definition) is 4. The molecule has 5 N–H and O–H groups in total. The number of sulfonamides is 1. The van der Waals surface area contributed by atoms with Crippen molar-refractivity contribution < 1.29 is 17.6 Å². The number of hydrogen-bond donors (Lipinski definition) is 4. The maximum absolute atomic E-state index is 12.7. The summed E-state index contributed by atoms with van der Waals surface area (Å²) >= 11 is 0. The van der Waals surface area contributed by atoms with Gasteiger partial charge >= 0.3 is 0 Å². The van der Waals surface area contributed by atoms with E-state index in [0.29, 0.717) is 5.56 Å². The summed E-state index contributed by atoms with van der Waals surface area (Å²) in [6.45, 7) is 0.00616. The number of rotatable bonds is 5. The Morgan fingerprint density at radius 3 is 2.57 bits per heavy atom. The minimum absolute atomic E-state index is 0.00616. The van der Waals surface area contributed by atoms with Gasteiger partial charge in [-0.3, -0.25) is 10.2 Å². The number of nitrogen functional groups attached to an aromatic ring is 1. The molecule has 1 aromatic carbocycles. The fraction of sp³-hybridized carbons (Fsp3) is 0.0833. The molecule has 2 rings (SSSR count). The molecule has 0 bridgehead atoms. The molecule has 1 amide bonds. The van der Waals surface area contributed by atoms with E-state index >= 15 is 0 Å². The molecular weight excluding hydrogens is 299 g/mol. The molecule has 112 valence electrons. The van der Waals surface area contributed by atoms with Crippen molar-refractivity contribution in [2.75, 3.05) is 0 Å². The van der Waals surface area contributed by atoms with E-state index in [1.165, 1.54) is 30.5 Å². The van der Waals surface area contributed by atoms with E-state index in [1.54, 1.807) is 0 Å². The quantitative estimate of drug-likeness (QED) is 0.359. The number of H-pyrrole nitrogens is 1. The van der Waals surface area contributed by atoms with Gasteiger partial charge in [-0.1, -0.05) is 12.1 Å². The highest BCUT2D eigenvalue weighted by Gasteiger charge is 2.17. The summed E-state index contributed by atoms with van der Waals surface area (Å²) < 4.78 is 39.2. The summed E-state index contributed by atoms with van der Waals surface area (Å²) in [5.41, 5.74) is 2.52. The molecule has 1 aromatic heterocycles. The molecule has 0 radical (unpaired) electrons. The Kier molecular flexibility index (Phi) is 4.36. The Morgan fingerprint density at radius 2 is 1.95 bits per heavy atom. The van der Waals surface area contributed by atoms with Crippen molar-refractivity contribution in [1.29, 1.82) is 0 Å². The molecule has 0 unspecified atom stereocenters. The van der Waals surface area contributed by atoms with Crippen LogP contribution < -0.4 is 16.0 Å². The van der Waals surface area contributed by atoms with Gasteiger partial charge in [-0.25, -0.2) is 23.4 Å². The van der Waals surface area contributed by atoms with Crippen LogP contribution in [0.1, 0.15) is 16.1 Å². The Bertz CT molecular complexity index is 740. The van der Waals surface area contributed by atoms with Crippen LogP contribution in [0.4, 0.5) is 4.39 Å². The predicted molar refractivity (Wildman–Crippen MR) is 72.9 cm³/mol. The van der Waals surface area contributed by atoms with Crippen LogP contribution in [-0.4, -0.2) is 19.3 Å². The smallest absolute Gasteiger partial charge is 0.281 e. The van der Waals surface area contributed by atoms with E-state index in [-0.39, 0.29) is 17.1 Å². The van der Waals surface area contributed by atoms with E-state index in [9.17, 15) is 17.6 Å². The van der Waals surface area contributed by atoms with Gasteiger partial charge in [0.05, 0.1) is 0 Å².